The van der Waals surface area contributed by atoms with Crippen molar-refractivity contribution in [2.24, 2.45) is 0 Å². The number of nitrogens with zero attached hydrogens (tertiary/aromatic N) is 1. The number of nitrogens with one attached hydrogen (secondary N) is 1. The monoisotopic (exact) mass is 340 g/mol. The smallest absolute Gasteiger partial charge is 0.131 e. The van der Waals surface area contributed by atoms with Gasteiger partial charge in [0.1, 0.15) is 11.6 Å². The van der Waals surface area contributed by atoms with Crippen molar-refractivity contribution >= 4 is 0 Å². The predicted molar refractivity (Wildman–Crippen MR) is 92.7 cm³/mol. The lowest BCUT2D eigenvalue weighted by Gasteiger charge is -2.14. The first-order valence-electron chi connectivity index (χ1n) is 7.97. The van der Waals surface area contributed by atoms with Crippen LogP contribution < -0.4 is 5.32 Å². The standard InChI is InChI=1S/C20H18F2N2O/c21-17-5-2-6-18(22)20(17)19(25)13-24-12-14-3-1-4-16(11-14)15-7-9-23-10-8-15/h1-11,19,24-25H,12-13H2. The lowest BCUT2D eigenvalue weighted by atomic mass is 10.0. The van der Waals surface area contributed by atoms with Crippen LogP contribution in [0.25, 0.3) is 11.1 Å². The molecule has 0 fully saturated rings. The van der Waals surface area contributed by atoms with E-state index in [0.717, 1.165) is 28.8 Å². The van der Waals surface area contributed by atoms with Crippen LogP contribution in [0.15, 0.2) is 67.0 Å². The van der Waals surface area contributed by atoms with E-state index in [0.29, 0.717) is 6.54 Å². The summed E-state index contributed by atoms with van der Waals surface area (Å²) in [7, 11) is 0. The molecule has 0 bridgehead atoms. The molecule has 5 heteroatoms. The third-order valence-electron chi connectivity index (χ3n) is 3.94. The molecule has 1 aromatic heterocycles. The average molecular weight is 340 g/mol. The van der Waals surface area contributed by atoms with Crippen molar-refractivity contribution in [3.8, 4) is 11.1 Å². The fourth-order valence-corrected chi connectivity index (χ4v) is 2.69. The molecule has 1 unspecified atom stereocenters. The topological polar surface area (TPSA) is 45.1 Å². The van der Waals surface area contributed by atoms with Crippen LogP contribution in [0.3, 0.4) is 0 Å². The number of pyridine rings is 1. The van der Waals surface area contributed by atoms with Crippen molar-refractivity contribution in [1.82, 2.24) is 10.3 Å². The van der Waals surface area contributed by atoms with Crippen LogP contribution >= 0.6 is 0 Å². The molecular formula is C20H18F2N2O. The number of aliphatic hydroxyl groups is 1. The third-order valence-corrected chi connectivity index (χ3v) is 3.94. The third kappa shape index (κ3) is 4.26. The minimum Gasteiger partial charge on any atom is -0.387 e. The lowest BCUT2D eigenvalue weighted by molar-refractivity contribution is 0.164. The van der Waals surface area contributed by atoms with Gasteiger partial charge in [0, 0.05) is 25.5 Å². The van der Waals surface area contributed by atoms with Gasteiger partial charge in [-0.25, -0.2) is 8.78 Å². The van der Waals surface area contributed by atoms with E-state index >= 15 is 0 Å². The van der Waals surface area contributed by atoms with E-state index in [4.69, 9.17) is 0 Å². The molecule has 0 amide bonds. The fraction of sp³-hybridized carbons (Fsp3) is 0.150. The molecule has 0 saturated heterocycles. The second-order valence-electron chi connectivity index (χ2n) is 5.72. The highest BCUT2D eigenvalue weighted by atomic mass is 19.1. The van der Waals surface area contributed by atoms with Crippen LogP contribution in [0.2, 0.25) is 0 Å². The molecule has 1 atom stereocenters. The Morgan fingerprint density at radius 2 is 1.60 bits per heavy atom. The van der Waals surface area contributed by atoms with Crippen molar-refractivity contribution in [3.63, 3.8) is 0 Å². The Morgan fingerprint density at radius 1 is 0.920 bits per heavy atom. The Hall–Kier alpha value is -2.63. The maximum atomic E-state index is 13.7. The SMILES string of the molecule is OC(CNCc1cccc(-c2ccncc2)c1)c1c(F)cccc1F. The molecule has 128 valence electrons. The van der Waals surface area contributed by atoms with Crippen molar-refractivity contribution < 1.29 is 13.9 Å². The lowest BCUT2D eigenvalue weighted by Crippen LogP contribution is -2.22. The Morgan fingerprint density at radius 3 is 2.32 bits per heavy atom. The molecule has 3 nitrogen and oxygen atoms in total. The molecule has 0 aliphatic heterocycles. The summed E-state index contributed by atoms with van der Waals surface area (Å²) < 4.78 is 27.3. The predicted octanol–water partition coefficient (Wildman–Crippen LogP) is 3.85. The van der Waals surface area contributed by atoms with E-state index in [2.05, 4.69) is 10.3 Å². The Balaban J connectivity index is 1.63. The molecule has 0 radical (unpaired) electrons. The molecule has 0 spiro atoms. The van der Waals surface area contributed by atoms with Gasteiger partial charge >= 0.3 is 0 Å². The summed E-state index contributed by atoms with van der Waals surface area (Å²) in [6.07, 6.45) is 2.23. The fourth-order valence-electron chi connectivity index (χ4n) is 2.69. The van der Waals surface area contributed by atoms with Crippen molar-refractivity contribution in [2.75, 3.05) is 6.54 Å². The number of rotatable bonds is 6. The number of hydrogen-bond acceptors (Lipinski definition) is 3. The molecule has 3 rings (SSSR count). The number of aliphatic hydroxyl groups excluding tert-OH is 1. The molecule has 3 aromatic rings. The maximum absolute atomic E-state index is 13.7. The second kappa shape index (κ2) is 7.96. The van der Waals surface area contributed by atoms with E-state index in [1.807, 2.05) is 36.4 Å². The summed E-state index contributed by atoms with van der Waals surface area (Å²) in [6, 6.07) is 15.3. The van der Waals surface area contributed by atoms with Crippen molar-refractivity contribution in [1.29, 1.82) is 0 Å². The zero-order valence-electron chi connectivity index (χ0n) is 13.5. The number of benzene rings is 2. The summed E-state index contributed by atoms with van der Waals surface area (Å²) in [5.41, 5.74) is 2.82. The Kier molecular flexibility index (Phi) is 5.48. The van der Waals surface area contributed by atoms with Crippen molar-refractivity contribution in [3.05, 3.63) is 89.8 Å². The van der Waals surface area contributed by atoms with Gasteiger partial charge in [0.05, 0.1) is 11.7 Å². The van der Waals surface area contributed by atoms with E-state index in [1.165, 1.54) is 6.07 Å². The van der Waals surface area contributed by atoms with Gasteiger partial charge in [-0.3, -0.25) is 4.98 Å². The van der Waals surface area contributed by atoms with Gasteiger partial charge in [-0.05, 0) is 47.0 Å². The van der Waals surface area contributed by atoms with Gasteiger partial charge < -0.3 is 10.4 Å². The second-order valence-corrected chi connectivity index (χ2v) is 5.72. The van der Waals surface area contributed by atoms with E-state index < -0.39 is 17.7 Å². The highest BCUT2D eigenvalue weighted by Crippen LogP contribution is 2.21. The van der Waals surface area contributed by atoms with Crippen LogP contribution in [0, 0.1) is 11.6 Å². The van der Waals surface area contributed by atoms with Crippen LogP contribution in [0.1, 0.15) is 17.2 Å². The largest absolute Gasteiger partial charge is 0.387 e. The molecule has 2 aromatic carbocycles. The molecule has 25 heavy (non-hydrogen) atoms. The van der Waals surface area contributed by atoms with Crippen molar-refractivity contribution in [2.45, 2.75) is 12.6 Å². The van der Waals surface area contributed by atoms with Gasteiger partial charge in [-0.1, -0.05) is 24.3 Å². The van der Waals surface area contributed by atoms with E-state index in [1.54, 1.807) is 12.4 Å². The van der Waals surface area contributed by atoms with Crippen LogP contribution in [-0.4, -0.2) is 16.6 Å². The zero-order valence-corrected chi connectivity index (χ0v) is 13.5. The zero-order chi connectivity index (χ0) is 17.6. The van der Waals surface area contributed by atoms with Gasteiger partial charge in [-0.2, -0.15) is 0 Å². The first kappa shape index (κ1) is 17.2. The Labute approximate surface area is 145 Å². The summed E-state index contributed by atoms with van der Waals surface area (Å²) in [6.45, 7) is 0.531. The number of halogens is 2. The van der Waals surface area contributed by atoms with Crippen LogP contribution in [0.4, 0.5) is 8.78 Å². The normalized spacial score (nSPS) is 12.1. The summed E-state index contributed by atoms with van der Waals surface area (Å²) in [5.74, 6) is -1.48. The summed E-state index contributed by atoms with van der Waals surface area (Å²) >= 11 is 0. The van der Waals surface area contributed by atoms with Crippen LogP contribution in [0.5, 0.6) is 0 Å². The van der Waals surface area contributed by atoms with Gasteiger partial charge in [-0.15, -0.1) is 0 Å². The minimum absolute atomic E-state index is 0.0529. The minimum atomic E-state index is -1.25. The molecule has 1 heterocycles. The number of aromatic nitrogens is 1. The maximum Gasteiger partial charge on any atom is 0.131 e. The molecule has 0 aliphatic rings. The van der Waals surface area contributed by atoms with Crippen LogP contribution in [-0.2, 0) is 6.54 Å². The number of hydrogen-bond donors (Lipinski definition) is 2. The van der Waals surface area contributed by atoms with E-state index in [9.17, 15) is 13.9 Å². The first-order chi connectivity index (χ1) is 12.1. The van der Waals surface area contributed by atoms with Gasteiger partial charge in [0.25, 0.3) is 0 Å². The molecular weight excluding hydrogens is 322 g/mol. The Bertz CT molecular complexity index is 820. The molecule has 0 saturated carbocycles. The summed E-state index contributed by atoms with van der Waals surface area (Å²) in [5, 5.41) is 13.1. The van der Waals surface area contributed by atoms with Gasteiger partial charge in [0.15, 0.2) is 0 Å². The summed E-state index contributed by atoms with van der Waals surface area (Å²) in [4.78, 5) is 4.00. The first-order valence-corrected chi connectivity index (χ1v) is 7.97. The highest BCUT2D eigenvalue weighted by molar-refractivity contribution is 5.63. The quantitative estimate of drug-likeness (QED) is 0.716. The molecule has 2 N–H and O–H groups in total. The molecule has 0 aliphatic carbocycles. The van der Waals surface area contributed by atoms with E-state index in [-0.39, 0.29) is 12.1 Å². The average Bonchev–Trinajstić information content (AvgIpc) is 2.63. The van der Waals surface area contributed by atoms with Gasteiger partial charge in [0.2, 0.25) is 0 Å². The highest BCUT2D eigenvalue weighted by Gasteiger charge is 2.17.